The van der Waals surface area contributed by atoms with Crippen molar-refractivity contribution >= 4 is 81.1 Å². The zero-order valence-corrected chi connectivity index (χ0v) is 30.7. The molecule has 55 heavy (non-hydrogen) atoms. The summed E-state index contributed by atoms with van der Waals surface area (Å²) < 4.78 is 4.98. The molecule has 0 bridgehead atoms. The molecule has 0 fully saturated rings. The van der Waals surface area contributed by atoms with Gasteiger partial charge in [0.05, 0.1) is 22.4 Å². The molecule has 0 spiro atoms. The van der Waals surface area contributed by atoms with Crippen molar-refractivity contribution in [3.8, 4) is 27.9 Å². The molecule has 0 saturated carbocycles. The summed E-state index contributed by atoms with van der Waals surface area (Å²) in [6, 6.07) is 75.2. The first-order chi connectivity index (χ1) is 27.3. The average molecular weight is 719 g/mol. The molecule has 0 amide bonds. The second-order valence-corrected chi connectivity index (χ2v) is 15.2. The fourth-order valence-electron chi connectivity index (χ4n) is 8.44. The molecule has 0 atom stereocenters. The van der Waals surface area contributed by atoms with Crippen molar-refractivity contribution in [2.24, 2.45) is 0 Å². The fraction of sp³-hybridized carbons (Fsp3) is 0. The summed E-state index contributed by atoms with van der Waals surface area (Å²) in [4.78, 5) is 2.48. The van der Waals surface area contributed by atoms with Crippen molar-refractivity contribution in [1.82, 2.24) is 4.57 Å². The van der Waals surface area contributed by atoms with Crippen LogP contribution in [0.2, 0.25) is 0 Å². The van der Waals surface area contributed by atoms with E-state index in [-0.39, 0.29) is 0 Å². The van der Waals surface area contributed by atoms with Gasteiger partial charge in [-0.2, -0.15) is 0 Å². The number of thiophene rings is 1. The Hall–Kier alpha value is -6.94. The number of anilines is 3. The standard InChI is InChI=1S/C52H34N2S/c1-3-14-35(15-4-1)37-16-11-17-38(32-37)36-28-30-41(31-29-36)53(48-25-13-27-51-52(48)43-22-8-10-26-50(43)55-51)47-24-12-18-39-33-49-45(34-44(39)47)42-21-7-9-23-46(42)54(49)40-19-5-2-6-20-40/h1-34H. The maximum absolute atomic E-state index is 2.48. The third-order valence-corrected chi connectivity index (χ3v) is 12.1. The summed E-state index contributed by atoms with van der Waals surface area (Å²) in [6.45, 7) is 0. The van der Waals surface area contributed by atoms with Gasteiger partial charge in [0, 0.05) is 47.7 Å². The van der Waals surface area contributed by atoms with Crippen molar-refractivity contribution in [1.29, 1.82) is 0 Å². The smallest absolute Gasteiger partial charge is 0.0555 e. The molecule has 0 aliphatic carbocycles. The van der Waals surface area contributed by atoms with Gasteiger partial charge < -0.3 is 9.47 Å². The van der Waals surface area contributed by atoms with E-state index in [1.807, 2.05) is 11.3 Å². The molecular formula is C52H34N2S. The third-order valence-electron chi connectivity index (χ3n) is 11.0. The van der Waals surface area contributed by atoms with E-state index in [1.165, 1.54) is 80.7 Å². The maximum atomic E-state index is 2.48. The largest absolute Gasteiger partial charge is 0.309 e. The number of benzene rings is 9. The normalized spacial score (nSPS) is 11.6. The Morgan fingerprint density at radius 2 is 0.982 bits per heavy atom. The minimum Gasteiger partial charge on any atom is -0.309 e. The molecule has 3 heteroatoms. The summed E-state index contributed by atoms with van der Waals surface area (Å²) in [5.74, 6) is 0. The molecule has 0 saturated heterocycles. The van der Waals surface area contributed by atoms with Crippen LogP contribution in [0.1, 0.15) is 0 Å². The minimum atomic E-state index is 1.12. The van der Waals surface area contributed by atoms with Crippen LogP contribution in [0.15, 0.2) is 206 Å². The predicted octanol–water partition coefficient (Wildman–Crippen LogP) is 15.1. The molecular weight excluding hydrogens is 685 g/mol. The highest BCUT2D eigenvalue weighted by Crippen LogP contribution is 2.47. The third kappa shape index (κ3) is 5.24. The van der Waals surface area contributed by atoms with Crippen LogP contribution in [0.25, 0.3) is 80.7 Å². The Labute approximate surface area is 323 Å². The lowest BCUT2D eigenvalue weighted by Gasteiger charge is -2.28. The number of hydrogen-bond acceptors (Lipinski definition) is 2. The molecule has 0 N–H and O–H groups in total. The van der Waals surface area contributed by atoms with Gasteiger partial charge in [-0.1, -0.05) is 133 Å². The van der Waals surface area contributed by atoms with Crippen LogP contribution in [-0.4, -0.2) is 4.57 Å². The number of nitrogens with zero attached hydrogens (tertiary/aromatic N) is 2. The van der Waals surface area contributed by atoms with Crippen molar-refractivity contribution in [3.05, 3.63) is 206 Å². The first-order valence-corrected chi connectivity index (χ1v) is 19.6. The zero-order valence-electron chi connectivity index (χ0n) is 29.9. The maximum Gasteiger partial charge on any atom is 0.0555 e. The second kappa shape index (κ2) is 12.9. The highest BCUT2D eigenvalue weighted by Gasteiger charge is 2.22. The van der Waals surface area contributed by atoms with Gasteiger partial charge in [-0.15, -0.1) is 11.3 Å². The van der Waals surface area contributed by atoms with Gasteiger partial charge in [-0.25, -0.2) is 0 Å². The number of rotatable bonds is 6. The minimum absolute atomic E-state index is 1.12. The topological polar surface area (TPSA) is 8.17 Å². The molecule has 0 unspecified atom stereocenters. The Balaban J connectivity index is 1.14. The quantitative estimate of drug-likeness (QED) is 0.166. The molecule has 0 aliphatic heterocycles. The highest BCUT2D eigenvalue weighted by molar-refractivity contribution is 7.26. The first kappa shape index (κ1) is 31.6. The van der Waals surface area contributed by atoms with Gasteiger partial charge in [-0.3, -0.25) is 0 Å². The van der Waals surface area contributed by atoms with E-state index >= 15 is 0 Å². The molecule has 9 aromatic carbocycles. The second-order valence-electron chi connectivity index (χ2n) is 14.1. The van der Waals surface area contributed by atoms with Crippen LogP contribution < -0.4 is 4.90 Å². The number of para-hydroxylation sites is 2. The number of hydrogen-bond donors (Lipinski definition) is 0. The predicted molar refractivity (Wildman–Crippen MR) is 237 cm³/mol. The zero-order chi connectivity index (χ0) is 36.3. The van der Waals surface area contributed by atoms with Gasteiger partial charge in [0.2, 0.25) is 0 Å². The van der Waals surface area contributed by atoms with Gasteiger partial charge in [0.1, 0.15) is 0 Å². The average Bonchev–Trinajstić information content (AvgIpc) is 3.80. The SMILES string of the molecule is c1ccc(-c2cccc(-c3ccc(N(c4cccc5cc6c(cc45)c4ccccc4n6-c4ccccc4)c4cccc5sc6ccccc6c45)cc3)c2)cc1. The Bertz CT molecular complexity index is 3190. The summed E-state index contributed by atoms with van der Waals surface area (Å²) >= 11 is 1.86. The van der Waals surface area contributed by atoms with E-state index in [4.69, 9.17) is 0 Å². The fourth-order valence-corrected chi connectivity index (χ4v) is 9.56. The number of aromatic nitrogens is 1. The molecule has 2 nitrogen and oxygen atoms in total. The van der Waals surface area contributed by atoms with Crippen molar-refractivity contribution in [3.63, 3.8) is 0 Å². The molecule has 11 aromatic rings. The van der Waals surface area contributed by atoms with Crippen LogP contribution in [0.4, 0.5) is 17.1 Å². The molecule has 11 rings (SSSR count). The van der Waals surface area contributed by atoms with Crippen LogP contribution in [-0.2, 0) is 0 Å². The van der Waals surface area contributed by atoms with Crippen molar-refractivity contribution in [2.75, 3.05) is 4.90 Å². The molecule has 258 valence electrons. The summed E-state index contributed by atoms with van der Waals surface area (Å²) in [7, 11) is 0. The van der Waals surface area contributed by atoms with Crippen LogP contribution in [0.5, 0.6) is 0 Å². The lowest BCUT2D eigenvalue weighted by Crippen LogP contribution is -2.11. The molecule has 0 radical (unpaired) electrons. The first-order valence-electron chi connectivity index (χ1n) is 18.8. The lowest BCUT2D eigenvalue weighted by atomic mass is 9.98. The highest BCUT2D eigenvalue weighted by atomic mass is 32.1. The van der Waals surface area contributed by atoms with Crippen LogP contribution >= 0.6 is 11.3 Å². The molecule has 2 heterocycles. The van der Waals surface area contributed by atoms with E-state index in [1.54, 1.807) is 0 Å². The lowest BCUT2D eigenvalue weighted by molar-refractivity contribution is 1.18. The van der Waals surface area contributed by atoms with E-state index < -0.39 is 0 Å². The van der Waals surface area contributed by atoms with Crippen LogP contribution in [0.3, 0.4) is 0 Å². The monoisotopic (exact) mass is 718 g/mol. The van der Waals surface area contributed by atoms with Crippen LogP contribution in [0, 0.1) is 0 Å². The van der Waals surface area contributed by atoms with Gasteiger partial charge in [-0.05, 0) is 100 Å². The Morgan fingerprint density at radius 3 is 1.80 bits per heavy atom. The summed E-state index contributed by atoms with van der Waals surface area (Å²) in [5, 5.41) is 7.46. The van der Waals surface area contributed by atoms with Crippen molar-refractivity contribution in [2.45, 2.75) is 0 Å². The van der Waals surface area contributed by atoms with Crippen molar-refractivity contribution < 1.29 is 0 Å². The van der Waals surface area contributed by atoms with E-state index in [9.17, 15) is 0 Å². The van der Waals surface area contributed by atoms with Gasteiger partial charge >= 0.3 is 0 Å². The Morgan fingerprint density at radius 1 is 0.364 bits per heavy atom. The van der Waals surface area contributed by atoms with Gasteiger partial charge in [0.15, 0.2) is 0 Å². The summed E-state index contributed by atoms with van der Waals surface area (Å²) in [5.41, 5.74) is 11.8. The van der Waals surface area contributed by atoms with Gasteiger partial charge in [0.25, 0.3) is 0 Å². The molecule has 0 aliphatic rings. The van der Waals surface area contributed by atoms with E-state index in [0.717, 1.165) is 17.1 Å². The number of fused-ring (bicyclic) bond motifs is 7. The van der Waals surface area contributed by atoms with E-state index in [0.29, 0.717) is 0 Å². The molecule has 2 aromatic heterocycles. The summed E-state index contributed by atoms with van der Waals surface area (Å²) in [6.07, 6.45) is 0. The van der Waals surface area contributed by atoms with E-state index in [2.05, 4.69) is 216 Å². The Kier molecular flexibility index (Phi) is 7.39.